The molecule has 76 valence electrons. The summed E-state index contributed by atoms with van der Waals surface area (Å²) in [5.74, 6) is -1.10. The highest BCUT2D eigenvalue weighted by Gasteiger charge is 2.13. The van der Waals surface area contributed by atoms with E-state index >= 15 is 0 Å². The van der Waals surface area contributed by atoms with Crippen molar-refractivity contribution in [1.29, 1.82) is 0 Å². The first-order chi connectivity index (χ1) is 7.20. The van der Waals surface area contributed by atoms with Crippen molar-refractivity contribution >= 4 is 5.97 Å². The van der Waals surface area contributed by atoms with Crippen molar-refractivity contribution in [1.82, 2.24) is 9.78 Å². The highest BCUT2D eigenvalue weighted by atomic mass is 16.4. The van der Waals surface area contributed by atoms with Gasteiger partial charge in [0.05, 0.1) is 6.20 Å². The van der Waals surface area contributed by atoms with Gasteiger partial charge in [0.2, 0.25) is 0 Å². The van der Waals surface area contributed by atoms with Crippen LogP contribution in [0.2, 0.25) is 0 Å². The molecule has 0 atom stereocenters. The number of carboxylic acid groups (broad SMARTS) is 1. The molecule has 5 nitrogen and oxygen atoms in total. The molecule has 0 spiro atoms. The van der Waals surface area contributed by atoms with Gasteiger partial charge in [-0.1, -0.05) is 12.1 Å². The van der Waals surface area contributed by atoms with Gasteiger partial charge in [0.15, 0.2) is 5.69 Å². The number of phenolic OH excluding ortho intramolecular Hbond substituents is 1. The normalized spacial score (nSPS) is 10.1. The first-order valence-electron chi connectivity index (χ1n) is 4.26. The van der Waals surface area contributed by atoms with Crippen LogP contribution in [0.25, 0.3) is 5.69 Å². The van der Waals surface area contributed by atoms with E-state index in [-0.39, 0.29) is 11.4 Å². The van der Waals surface area contributed by atoms with E-state index in [9.17, 15) is 9.90 Å². The van der Waals surface area contributed by atoms with Crippen LogP contribution in [0.4, 0.5) is 0 Å². The van der Waals surface area contributed by atoms with Crippen LogP contribution >= 0.6 is 0 Å². The summed E-state index contributed by atoms with van der Waals surface area (Å²) in [6.45, 7) is 0. The molecule has 0 amide bonds. The van der Waals surface area contributed by atoms with Crippen molar-refractivity contribution < 1.29 is 15.0 Å². The fourth-order valence-electron chi connectivity index (χ4n) is 1.30. The topological polar surface area (TPSA) is 75.3 Å². The van der Waals surface area contributed by atoms with Gasteiger partial charge < -0.3 is 10.2 Å². The Morgan fingerprint density at radius 2 is 2.00 bits per heavy atom. The number of carboxylic acids is 1. The van der Waals surface area contributed by atoms with E-state index < -0.39 is 5.97 Å². The first-order valence-corrected chi connectivity index (χ1v) is 4.26. The minimum absolute atomic E-state index is 0.0105. The van der Waals surface area contributed by atoms with Gasteiger partial charge in [-0.05, 0) is 18.2 Å². The number of para-hydroxylation sites is 2. The molecule has 0 radical (unpaired) electrons. The lowest BCUT2D eigenvalue weighted by Gasteiger charge is -2.05. The zero-order chi connectivity index (χ0) is 10.8. The van der Waals surface area contributed by atoms with Gasteiger partial charge in [0.25, 0.3) is 0 Å². The molecule has 1 aromatic carbocycles. The molecule has 0 aliphatic heterocycles. The molecular weight excluding hydrogens is 196 g/mol. The molecule has 2 N–H and O–H groups in total. The van der Waals surface area contributed by atoms with Crippen LogP contribution in [0.15, 0.2) is 36.5 Å². The van der Waals surface area contributed by atoms with Gasteiger partial charge in [-0.25, -0.2) is 9.48 Å². The molecular formula is C10H8N2O3. The van der Waals surface area contributed by atoms with Crippen LogP contribution in [0.3, 0.4) is 0 Å². The molecule has 1 heterocycles. The number of rotatable bonds is 2. The molecule has 5 heteroatoms. The van der Waals surface area contributed by atoms with E-state index in [0.29, 0.717) is 5.69 Å². The number of hydrogen-bond acceptors (Lipinski definition) is 3. The fraction of sp³-hybridized carbons (Fsp3) is 0. The lowest BCUT2D eigenvalue weighted by Crippen LogP contribution is -2.07. The number of phenols is 1. The zero-order valence-corrected chi connectivity index (χ0v) is 7.66. The lowest BCUT2D eigenvalue weighted by atomic mass is 10.3. The largest absolute Gasteiger partial charge is 0.506 e. The van der Waals surface area contributed by atoms with E-state index in [1.54, 1.807) is 18.2 Å². The van der Waals surface area contributed by atoms with Gasteiger partial charge in [-0.3, -0.25) is 0 Å². The predicted molar refractivity (Wildman–Crippen MR) is 52.2 cm³/mol. The third kappa shape index (κ3) is 1.54. The van der Waals surface area contributed by atoms with Crippen LogP contribution in [0.5, 0.6) is 5.75 Å². The second-order valence-electron chi connectivity index (χ2n) is 2.92. The summed E-state index contributed by atoms with van der Waals surface area (Å²) in [5, 5.41) is 22.2. The smallest absolute Gasteiger partial charge is 0.354 e. The Kier molecular flexibility index (Phi) is 2.13. The highest BCUT2D eigenvalue weighted by Crippen LogP contribution is 2.21. The third-order valence-electron chi connectivity index (χ3n) is 1.97. The molecule has 15 heavy (non-hydrogen) atoms. The highest BCUT2D eigenvalue weighted by molar-refractivity contribution is 5.86. The molecule has 2 rings (SSSR count). The number of hydrogen-bond donors (Lipinski definition) is 2. The number of aromatic hydroxyl groups is 1. The van der Waals surface area contributed by atoms with Crippen molar-refractivity contribution in [3.63, 3.8) is 0 Å². The predicted octanol–water partition coefficient (Wildman–Crippen LogP) is 1.28. The Morgan fingerprint density at radius 3 is 2.67 bits per heavy atom. The molecule has 0 fully saturated rings. The van der Waals surface area contributed by atoms with Crippen LogP contribution in [0.1, 0.15) is 10.5 Å². The molecule has 1 aromatic heterocycles. The van der Waals surface area contributed by atoms with Crippen LogP contribution in [-0.4, -0.2) is 26.0 Å². The summed E-state index contributed by atoms with van der Waals surface area (Å²) in [7, 11) is 0. The Hall–Kier alpha value is -2.30. The second-order valence-corrected chi connectivity index (χ2v) is 2.92. The van der Waals surface area contributed by atoms with E-state index in [1.165, 1.54) is 23.0 Å². The van der Waals surface area contributed by atoms with Gasteiger partial charge in [-0.2, -0.15) is 5.10 Å². The summed E-state index contributed by atoms with van der Waals surface area (Å²) >= 11 is 0. The van der Waals surface area contributed by atoms with Crippen LogP contribution < -0.4 is 0 Å². The zero-order valence-electron chi connectivity index (χ0n) is 7.66. The monoisotopic (exact) mass is 204 g/mol. The quantitative estimate of drug-likeness (QED) is 0.772. The minimum Gasteiger partial charge on any atom is -0.506 e. The second kappa shape index (κ2) is 3.45. The van der Waals surface area contributed by atoms with E-state index in [4.69, 9.17) is 5.11 Å². The van der Waals surface area contributed by atoms with Gasteiger partial charge in [0.1, 0.15) is 11.4 Å². The van der Waals surface area contributed by atoms with Crippen molar-refractivity contribution in [3.8, 4) is 11.4 Å². The Bertz CT molecular complexity index is 505. The SMILES string of the molecule is O=C(O)c1ccnn1-c1ccccc1O. The van der Waals surface area contributed by atoms with Gasteiger partial charge >= 0.3 is 5.97 Å². The van der Waals surface area contributed by atoms with Crippen LogP contribution in [0, 0.1) is 0 Å². The summed E-state index contributed by atoms with van der Waals surface area (Å²) < 4.78 is 1.18. The average molecular weight is 204 g/mol. The summed E-state index contributed by atoms with van der Waals surface area (Å²) in [6, 6.07) is 7.79. The molecule has 0 saturated heterocycles. The van der Waals surface area contributed by atoms with Gasteiger partial charge in [0, 0.05) is 0 Å². The molecule has 2 aromatic rings. The van der Waals surface area contributed by atoms with Gasteiger partial charge in [-0.15, -0.1) is 0 Å². The first kappa shape index (κ1) is 9.26. The Labute approximate surface area is 85.2 Å². The molecule has 0 saturated carbocycles. The maximum Gasteiger partial charge on any atom is 0.354 e. The van der Waals surface area contributed by atoms with E-state index in [0.717, 1.165) is 0 Å². The number of aromatic carboxylic acids is 1. The summed E-state index contributed by atoms with van der Waals surface area (Å²) in [6.07, 6.45) is 1.37. The van der Waals surface area contributed by atoms with Crippen LogP contribution in [-0.2, 0) is 0 Å². The molecule has 0 aliphatic carbocycles. The number of carbonyl (C=O) groups is 1. The minimum atomic E-state index is -1.09. The van der Waals surface area contributed by atoms with Crippen molar-refractivity contribution in [3.05, 3.63) is 42.2 Å². The number of nitrogens with zero attached hydrogens (tertiary/aromatic N) is 2. The maximum atomic E-state index is 10.8. The fourth-order valence-corrected chi connectivity index (χ4v) is 1.30. The number of aromatic nitrogens is 2. The maximum absolute atomic E-state index is 10.8. The third-order valence-corrected chi connectivity index (χ3v) is 1.97. The van der Waals surface area contributed by atoms with Crippen molar-refractivity contribution in [2.75, 3.05) is 0 Å². The standard InChI is InChI=1S/C10H8N2O3/c13-9-4-2-1-3-7(9)12-8(10(14)15)5-6-11-12/h1-6,13H,(H,14,15). The van der Waals surface area contributed by atoms with Crippen molar-refractivity contribution in [2.24, 2.45) is 0 Å². The van der Waals surface area contributed by atoms with E-state index in [2.05, 4.69) is 5.10 Å². The molecule has 0 unspecified atom stereocenters. The summed E-state index contributed by atoms with van der Waals surface area (Å²) in [5.41, 5.74) is 0.358. The number of benzene rings is 1. The molecule has 0 aliphatic rings. The Morgan fingerprint density at radius 1 is 1.27 bits per heavy atom. The van der Waals surface area contributed by atoms with Crippen molar-refractivity contribution in [2.45, 2.75) is 0 Å². The van der Waals surface area contributed by atoms with E-state index in [1.807, 2.05) is 0 Å². The Balaban J connectivity index is 2.59. The lowest BCUT2D eigenvalue weighted by molar-refractivity contribution is 0.0687. The summed E-state index contributed by atoms with van der Waals surface area (Å²) in [4.78, 5) is 10.8. The average Bonchev–Trinajstić information content (AvgIpc) is 2.67. The molecule has 0 bridgehead atoms.